The van der Waals surface area contributed by atoms with E-state index in [9.17, 15) is 4.79 Å². The Hall–Kier alpha value is -1.95. The third-order valence-electron chi connectivity index (χ3n) is 3.61. The van der Waals surface area contributed by atoms with Crippen LogP contribution in [0, 0.1) is 0 Å². The average Bonchev–Trinajstić information content (AvgIpc) is 3.08. The Morgan fingerprint density at radius 2 is 2.38 bits per heavy atom. The molecule has 0 aliphatic carbocycles. The summed E-state index contributed by atoms with van der Waals surface area (Å²) in [5.41, 5.74) is 3.45. The summed E-state index contributed by atoms with van der Waals surface area (Å²) in [7, 11) is 0. The number of nitrogens with zero attached hydrogens (tertiary/aromatic N) is 2. The smallest absolute Gasteiger partial charge is 0.335 e. The standard InChI is InChI=1S/C15H17N3O2S/c1-21-8-6-13-12-5-7-16-14(12)18(17-13)11-4-2-3-10(9-11)15(19)20/h2-4,9,16H,5-8H2,1H3,(H,19,20). The summed E-state index contributed by atoms with van der Waals surface area (Å²) < 4.78 is 1.84. The summed E-state index contributed by atoms with van der Waals surface area (Å²) in [5.74, 6) is 1.13. The molecule has 5 nitrogen and oxygen atoms in total. The maximum atomic E-state index is 11.1. The number of benzene rings is 1. The molecule has 2 N–H and O–H groups in total. The highest BCUT2D eigenvalue weighted by atomic mass is 32.2. The lowest BCUT2D eigenvalue weighted by Crippen LogP contribution is -2.06. The van der Waals surface area contributed by atoms with Gasteiger partial charge in [0.15, 0.2) is 0 Å². The Morgan fingerprint density at radius 1 is 1.52 bits per heavy atom. The highest BCUT2D eigenvalue weighted by Gasteiger charge is 2.22. The van der Waals surface area contributed by atoms with E-state index in [1.165, 1.54) is 5.56 Å². The van der Waals surface area contributed by atoms with Gasteiger partial charge in [0.2, 0.25) is 0 Å². The molecule has 6 heteroatoms. The van der Waals surface area contributed by atoms with Crippen LogP contribution in [0.25, 0.3) is 5.69 Å². The number of anilines is 1. The molecule has 21 heavy (non-hydrogen) atoms. The second kappa shape index (κ2) is 5.81. The fourth-order valence-electron chi connectivity index (χ4n) is 2.60. The number of aromatic nitrogens is 2. The third-order valence-corrected chi connectivity index (χ3v) is 4.23. The van der Waals surface area contributed by atoms with Gasteiger partial charge in [-0.2, -0.15) is 16.9 Å². The molecule has 0 spiro atoms. The molecule has 110 valence electrons. The second-order valence-electron chi connectivity index (χ2n) is 4.96. The number of carboxylic acid groups (broad SMARTS) is 1. The van der Waals surface area contributed by atoms with Crippen molar-refractivity contribution in [2.75, 3.05) is 23.9 Å². The Bertz CT molecular complexity index is 682. The molecule has 0 saturated heterocycles. The minimum atomic E-state index is -0.920. The van der Waals surface area contributed by atoms with Gasteiger partial charge in [-0.1, -0.05) is 6.07 Å². The Morgan fingerprint density at radius 3 is 3.14 bits per heavy atom. The van der Waals surface area contributed by atoms with Crippen molar-refractivity contribution in [3.05, 3.63) is 41.1 Å². The zero-order chi connectivity index (χ0) is 14.8. The Labute approximate surface area is 127 Å². The van der Waals surface area contributed by atoms with Gasteiger partial charge in [0.05, 0.1) is 16.9 Å². The lowest BCUT2D eigenvalue weighted by atomic mass is 10.1. The molecule has 1 aromatic heterocycles. The van der Waals surface area contributed by atoms with Crippen LogP contribution >= 0.6 is 11.8 Å². The van der Waals surface area contributed by atoms with Crippen LogP contribution in [0.15, 0.2) is 24.3 Å². The van der Waals surface area contributed by atoms with Crippen LogP contribution in [-0.2, 0) is 12.8 Å². The summed E-state index contributed by atoms with van der Waals surface area (Å²) in [4.78, 5) is 11.1. The zero-order valence-corrected chi connectivity index (χ0v) is 12.6. The van der Waals surface area contributed by atoms with E-state index < -0.39 is 5.97 Å². The van der Waals surface area contributed by atoms with E-state index >= 15 is 0 Å². The van der Waals surface area contributed by atoms with Gasteiger partial charge in [-0.3, -0.25) is 0 Å². The van der Waals surface area contributed by atoms with E-state index in [1.54, 1.807) is 30.0 Å². The number of carbonyl (C=O) groups is 1. The molecule has 1 aliphatic rings. The first kappa shape index (κ1) is 14.0. The predicted octanol–water partition coefficient (Wildman–Crippen LogP) is 2.44. The van der Waals surface area contributed by atoms with E-state index in [1.807, 2.05) is 10.7 Å². The minimum absolute atomic E-state index is 0.278. The number of hydrogen-bond donors (Lipinski definition) is 2. The van der Waals surface area contributed by atoms with Crippen LogP contribution in [0.3, 0.4) is 0 Å². The number of fused-ring (bicyclic) bond motifs is 1. The van der Waals surface area contributed by atoms with Gasteiger partial charge in [0.1, 0.15) is 5.82 Å². The van der Waals surface area contributed by atoms with Gasteiger partial charge < -0.3 is 10.4 Å². The number of rotatable bonds is 5. The van der Waals surface area contributed by atoms with Crippen LogP contribution in [0.4, 0.5) is 5.82 Å². The fourth-order valence-corrected chi connectivity index (χ4v) is 3.00. The number of aromatic carboxylic acids is 1. The lowest BCUT2D eigenvalue weighted by Gasteiger charge is -2.07. The van der Waals surface area contributed by atoms with E-state index in [4.69, 9.17) is 5.11 Å². The highest BCUT2D eigenvalue weighted by Crippen LogP contribution is 2.29. The van der Waals surface area contributed by atoms with E-state index in [0.717, 1.165) is 42.3 Å². The molecule has 0 bridgehead atoms. The molecule has 2 aromatic rings. The van der Waals surface area contributed by atoms with Crippen LogP contribution in [0.5, 0.6) is 0 Å². The molecule has 1 aromatic carbocycles. The minimum Gasteiger partial charge on any atom is -0.478 e. The molecular weight excluding hydrogens is 286 g/mol. The Kier molecular flexibility index (Phi) is 3.88. The SMILES string of the molecule is CSCCc1nn(-c2cccc(C(=O)O)c2)c2c1CCN2. The molecular formula is C15H17N3O2S. The van der Waals surface area contributed by atoms with Gasteiger partial charge in [-0.05, 0) is 36.6 Å². The number of nitrogens with one attached hydrogen (secondary N) is 1. The summed E-state index contributed by atoms with van der Waals surface area (Å²) in [6.45, 7) is 0.915. The maximum absolute atomic E-state index is 11.1. The molecule has 0 atom stereocenters. The van der Waals surface area contributed by atoms with Gasteiger partial charge in [0, 0.05) is 18.5 Å². The van der Waals surface area contributed by atoms with Gasteiger partial charge in [-0.15, -0.1) is 0 Å². The molecule has 0 saturated carbocycles. The molecule has 2 heterocycles. The number of carboxylic acids is 1. The van der Waals surface area contributed by atoms with Crippen molar-refractivity contribution in [2.45, 2.75) is 12.8 Å². The van der Waals surface area contributed by atoms with E-state index in [2.05, 4.69) is 16.7 Å². The zero-order valence-electron chi connectivity index (χ0n) is 11.8. The largest absolute Gasteiger partial charge is 0.478 e. The third kappa shape index (κ3) is 2.63. The second-order valence-corrected chi connectivity index (χ2v) is 5.95. The summed E-state index contributed by atoms with van der Waals surface area (Å²) in [6, 6.07) is 6.90. The van der Waals surface area contributed by atoms with Crippen molar-refractivity contribution in [1.29, 1.82) is 0 Å². The Balaban J connectivity index is 2.02. The van der Waals surface area contributed by atoms with Gasteiger partial charge in [-0.25, -0.2) is 9.48 Å². The monoisotopic (exact) mass is 303 g/mol. The first-order valence-corrected chi connectivity index (χ1v) is 8.27. The number of hydrogen-bond acceptors (Lipinski definition) is 4. The summed E-state index contributed by atoms with van der Waals surface area (Å²) >= 11 is 1.81. The molecule has 1 aliphatic heterocycles. The lowest BCUT2D eigenvalue weighted by molar-refractivity contribution is 0.0697. The maximum Gasteiger partial charge on any atom is 0.335 e. The van der Waals surface area contributed by atoms with Gasteiger partial charge >= 0.3 is 5.97 Å². The van der Waals surface area contributed by atoms with Crippen molar-refractivity contribution in [1.82, 2.24) is 9.78 Å². The van der Waals surface area contributed by atoms with Crippen LogP contribution < -0.4 is 5.32 Å². The fraction of sp³-hybridized carbons (Fsp3) is 0.333. The first-order chi connectivity index (χ1) is 10.2. The normalized spacial score (nSPS) is 13.0. The van der Waals surface area contributed by atoms with Crippen molar-refractivity contribution >= 4 is 23.5 Å². The van der Waals surface area contributed by atoms with Crippen molar-refractivity contribution in [2.24, 2.45) is 0 Å². The van der Waals surface area contributed by atoms with Crippen molar-refractivity contribution in [3.8, 4) is 5.69 Å². The van der Waals surface area contributed by atoms with E-state index in [0.29, 0.717) is 0 Å². The summed E-state index contributed by atoms with van der Waals surface area (Å²) in [5, 5.41) is 17.2. The van der Waals surface area contributed by atoms with Gasteiger partial charge in [0.25, 0.3) is 0 Å². The number of aryl methyl sites for hydroxylation is 1. The molecule has 0 fully saturated rings. The van der Waals surface area contributed by atoms with Crippen LogP contribution in [0.1, 0.15) is 21.6 Å². The quantitative estimate of drug-likeness (QED) is 0.888. The molecule has 3 rings (SSSR count). The molecule has 0 unspecified atom stereocenters. The van der Waals surface area contributed by atoms with Crippen molar-refractivity contribution < 1.29 is 9.90 Å². The topological polar surface area (TPSA) is 67.2 Å². The van der Waals surface area contributed by atoms with Crippen molar-refractivity contribution in [3.63, 3.8) is 0 Å². The van der Waals surface area contributed by atoms with E-state index in [-0.39, 0.29) is 5.56 Å². The molecule has 0 amide bonds. The predicted molar refractivity (Wildman–Crippen MR) is 84.8 cm³/mol. The van der Waals surface area contributed by atoms with Crippen LogP contribution in [0.2, 0.25) is 0 Å². The summed E-state index contributed by atoms with van der Waals surface area (Å²) in [6.07, 6.45) is 4.01. The highest BCUT2D eigenvalue weighted by molar-refractivity contribution is 7.98. The number of thioether (sulfide) groups is 1. The average molecular weight is 303 g/mol. The van der Waals surface area contributed by atoms with Crippen LogP contribution in [-0.4, -0.2) is 39.4 Å². The molecule has 0 radical (unpaired) electrons. The first-order valence-electron chi connectivity index (χ1n) is 6.88.